The summed E-state index contributed by atoms with van der Waals surface area (Å²) in [7, 11) is 1.60. The molecule has 0 radical (unpaired) electrons. The lowest BCUT2D eigenvalue weighted by Gasteiger charge is -2.00. The van der Waals surface area contributed by atoms with E-state index in [1.165, 1.54) is 12.2 Å². The first-order valence-electron chi connectivity index (χ1n) is 6.96. The molecule has 0 aromatic heterocycles. The lowest BCUT2D eigenvalue weighted by Crippen LogP contribution is -1.94. The van der Waals surface area contributed by atoms with Crippen LogP contribution in [0.25, 0.3) is 12.2 Å². The number of carbonyl (C=O) groups excluding carboxylic acids is 1. The van der Waals surface area contributed by atoms with Crippen LogP contribution in [0.5, 0.6) is 5.75 Å². The fraction of sp³-hybridized carbons (Fsp3) is 0.0526. The molecule has 0 fully saturated rings. The number of allylic oxidation sites excluding steroid dienone is 1. The van der Waals surface area contributed by atoms with E-state index in [0.717, 1.165) is 23.0 Å². The quantitative estimate of drug-likeness (QED) is 0.653. The Hall–Kier alpha value is -3.14. The van der Waals surface area contributed by atoms with Crippen molar-refractivity contribution in [3.8, 4) is 5.75 Å². The number of methoxy groups -OCH3 is 1. The third-order valence-electron chi connectivity index (χ3n) is 3.16. The summed E-state index contributed by atoms with van der Waals surface area (Å²) in [5.41, 5.74) is 2.17. The van der Waals surface area contributed by atoms with Gasteiger partial charge in [0, 0.05) is 11.6 Å². The highest BCUT2D eigenvalue weighted by atomic mass is 16.5. The lowest BCUT2D eigenvalue weighted by molar-refractivity contribution is -0.131. The number of ketones is 1. The average molecular weight is 308 g/mol. The second-order valence-corrected chi connectivity index (χ2v) is 4.76. The molecule has 0 bridgehead atoms. The minimum Gasteiger partial charge on any atom is -0.497 e. The molecule has 4 nitrogen and oxygen atoms in total. The van der Waals surface area contributed by atoms with E-state index in [0.29, 0.717) is 5.56 Å². The van der Waals surface area contributed by atoms with Crippen LogP contribution in [0.1, 0.15) is 21.5 Å². The van der Waals surface area contributed by atoms with E-state index in [-0.39, 0.29) is 5.78 Å². The normalized spacial score (nSPS) is 11.0. The topological polar surface area (TPSA) is 63.6 Å². The fourth-order valence-corrected chi connectivity index (χ4v) is 1.91. The smallest absolute Gasteiger partial charge is 0.328 e. The van der Waals surface area contributed by atoms with Crippen LogP contribution in [0.4, 0.5) is 0 Å². The molecule has 2 rings (SSSR count). The molecule has 4 heteroatoms. The molecule has 0 aliphatic carbocycles. The number of aliphatic carboxylic acids is 1. The number of benzene rings is 2. The summed E-state index contributed by atoms with van der Waals surface area (Å²) in [6.07, 6.45) is 5.77. The largest absolute Gasteiger partial charge is 0.497 e. The van der Waals surface area contributed by atoms with E-state index in [1.807, 2.05) is 24.3 Å². The monoisotopic (exact) mass is 308 g/mol. The fourth-order valence-electron chi connectivity index (χ4n) is 1.91. The van der Waals surface area contributed by atoms with Gasteiger partial charge >= 0.3 is 5.97 Å². The molecule has 0 saturated carbocycles. The lowest BCUT2D eigenvalue weighted by atomic mass is 10.1. The second-order valence-electron chi connectivity index (χ2n) is 4.76. The Morgan fingerprint density at radius 2 is 1.39 bits per heavy atom. The SMILES string of the molecule is COc1ccc(C=CC(=O)c2ccc(C=CC(=O)O)cc2)cc1. The minimum absolute atomic E-state index is 0.116. The molecule has 0 spiro atoms. The minimum atomic E-state index is -1.01. The summed E-state index contributed by atoms with van der Waals surface area (Å²) in [4.78, 5) is 22.5. The van der Waals surface area contributed by atoms with E-state index in [9.17, 15) is 9.59 Å². The van der Waals surface area contributed by atoms with Gasteiger partial charge in [-0.1, -0.05) is 42.5 Å². The molecule has 0 heterocycles. The Kier molecular flexibility index (Phi) is 5.47. The Balaban J connectivity index is 2.04. The molecule has 0 unspecified atom stereocenters. The molecule has 0 aliphatic heterocycles. The van der Waals surface area contributed by atoms with Gasteiger partial charge in [0.2, 0.25) is 0 Å². The van der Waals surface area contributed by atoms with Gasteiger partial charge in [0.25, 0.3) is 0 Å². The summed E-state index contributed by atoms with van der Waals surface area (Å²) < 4.78 is 5.08. The maximum atomic E-state index is 12.1. The molecular formula is C19H16O4. The highest BCUT2D eigenvalue weighted by Gasteiger charge is 2.01. The van der Waals surface area contributed by atoms with E-state index in [2.05, 4.69) is 0 Å². The third-order valence-corrected chi connectivity index (χ3v) is 3.16. The second kappa shape index (κ2) is 7.75. The summed E-state index contributed by atoms with van der Waals surface area (Å²) in [5.74, 6) is -0.361. The van der Waals surface area contributed by atoms with Crippen molar-refractivity contribution in [1.29, 1.82) is 0 Å². The maximum absolute atomic E-state index is 12.1. The predicted octanol–water partition coefficient (Wildman–Crippen LogP) is 3.69. The van der Waals surface area contributed by atoms with Crippen molar-refractivity contribution < 1.29 is 19.4 Å². The van der Waals surface area contributed by atoms with Gasteiger partial charge in [-0.3, -0.25) is 4.79 Å². The molecule has 2 aromatic rings. The van der Waals surface area contributed by atoms with Crippen LogP contribution in [0.2, 0.25) is 0 Å². The Morgan fingerprint density at radius 3 is 1.91 bits per heavy atom. The first-order chi connectivity index (χ1) is 11.1. The number of carboxylic acids is 1. The molecule has 23 heavy (non-hydrogen) atoms. The van der Waals surface area contributed by atoms with Crippen molar-refractivity contribution >= 4 is 23.9 Å². The highest BCUT2D eigenvalue weighted by molar-refractivity contribution is 6.06. The zero-order valence-electron chi connectivity index (χ0n) is 12.6. The molecule has 0 saturated heterocycles. The van der Waals surface area contributed by atoms with Crippen LogP contribution in [-0.4, -0.2) is 24.0 Å². The molecule has 0 atom stereocenters. The zero-order valence-corrected chi connectivity index (χ0v) is 12.6. The standard InChI is InChI=1S/C19H16O4/c1-23-17-10-4-15(5-11-17)6-12-18(20)16-8-2-14(3-9-16)7-13-19(21)22/h2-13H,1H3,(H,21,22). The third kappa shape index (κ3) is 4.97. The van der Waals surface area contributed by atoms with Gasteiger partial charge in [-0.2, -0.15) is 0 Å². The summed E-state index contributed by atoms with van der Waals surface area (Å²) in [5, 5.41) is 8.57. The number of hydrogen-bond donors (Lipinski definition) is 1. The number of carboxylic acid groups (broad SMARTS) is 1. The first kappa shape index (κ1) is 16.2. The molecule has 0 amide bonds. The highest BCUT2D eigenvalue weighted by Crippen LogP contribution is 2.13. The Labute approximate surface area is 134 Å². The summed E-state index contributed by atoms with van der Waals surface area (Å²) >= 11 is 0. The van der Waals surface area contributed by atoms with Crippen molar-refractivity contribution in [2.75, 3.05) is 7.11 Å². The van der Waals surface area contributed by atoms with Crippen molar-refractivity contribution in [3.63, 3.8) is 0 Å². The number of hydrogen-bond acceptors (Lipinski definition) is 3. The Bertz CT molecular complexity index is 738. The van der Waals surface area contributed by atoms with Crippen LogP contribution in [0.15, 0.2) is 60.7 Å². The van der Waals surface area contributed by atoms with Crippen LogP contribution < -0.4 is 4.74 Å². The predicted molar refractivity (Wildman–Crippen MR) is 89.5 cm³/mol. The van der Waals surface area contributed by atoms with Crippen molar-refractivity contribution in [2.45, 2.75) is 0 Å². The van der Waals surface area contributed by atoms with Gasteiger partial charge < -0.3 is 9.84 Å². The van der Waals surface area contributed by atoms with E-state index in [1.54, 1.807) is 37.5 Å². The van der Waals surface area contributed by atoms with Crippen molar-refractivity contribution in [3.05, 3.63) is 77.4 Å². The molecular weight excluding hydrogens is 292 g/mol. The zero-order chi connectivity index (χ0) is 16.7. The van der Waals surface area contributed by atoms with E-state index < -0.39 is 5.97 Å². The van der Waals surface area contributed by atoms with Crippen LogP contribution in [0.3, 0.4) is 0 Å². The number of carbonyl (C=O) groups is 2. The van der Waals surface area contributed by atoms with Crippen LogP contribution in [-0.2, 0) is 4.79 Å². The molecule has 116 valence electrons. The van der Waals surface area contributed by atoms with Crippen LogP contribution >= 0.6 is 0 Å². The molecule has 2 aromatic carbocycles. The van der Waals surface area contributed by atoms with Crippen LogP contribution in [0, 0.1) is 0 Å². The number of ether oxygens (including phenoxy) is 1. The van der Waals surface area contributed by atoms with Gasteiger partial charge in [-0.05, 0) is 35.4 Å². The average Bonchev–Trinajstić information content (AvgIpc) is 2.58. The van der Waals surface area contributed by atoms with Gasteiger partial charge in [-0.25, -0.2) is 4.79 Å². The van der Waals surface area contributed by atoms with E-state index >= 15 is 0 Å². The van der Waals surface area contributed by atoms with Gasteiger partial charge in [0.05, 0.1) is 7.11 Å². The van der Waals surface area contributed by atoms with Crippen molar-refractivity contribution in [2.24, 2.45) is 0 Å². The maximum Gasteiger partial charge on any atom is 0.328 e. The molecule has 0 aliphatic rings. The van der Waals surface area contributed by atoms with Gasteiger partial charge in [0.15, 0.2) is 5.78 Å². The first-order valence-corrected chi connectivity index (χ1v) is 6.96. The summed E-state index contributed by atoms with van der Waals surface area (Å²) in [6.45, 7) is 0. The number of rotatable bonds is 6. The summed E-state index contributed by atoms with van der Waals surface area (Å²) in [6, 6.07) is 14.1. The van der Waals surface area contributed by atoms with Gasteiger partial charge in [-0.15, -0.1) is 0 Å². The van der Waals surface area contributed by atoms with Gasteiger partial charge in [0.1, 0.15) is 5.75 Å². The Morgan fingerprint density at radius 1 is 0.870 bits per heavy atom. The van der Waals surface area contributed by atoms with E-state index in [4.69, 9.17) is 9.84 Å². The van der Waals surface area contributed by atoms with Crippen molar-refractivity contribution in [1.82, 2.24) is 0 Å². The molecule has 1 N–H and O–H groups in total.